The van der Waals surface area contributed by atoms with Gasteiger partial charge in [-0.25, -0.2) is 0 Å². The zero-order chi connectivity index (χ0) is 43.3. The zero-order valence-electron chi connectivity index (χ0n) is 37.1. The standard InChI is InChI=1S/C56H56O6/c1-27-9-31(5)47-43(13-27)61-45-15-29(3)11-41(57)51(45)49(47)39-20-37(17-33(7)53(39)59)55-22-35-19-36(23-55)25-56(24-35,26-55)38-18-34(8)54(60)40(21-38)50-48-32(6)10-28(2)14-44(48)62-46-16-30(4)12-42(58)52(46)50/h9-18,20-21,35-36,49-50,57-60H,19,22-26H2,1-8H3. The van der Waals surface area contributed by atoms with Crippen LogP contribution in [0.2, 0.25) is 0 Å². The average molecular weight is 825 g/mol. The van der Waals surface area contributed by atoms with Crippen LogP contribution < -0.4 is 9.47 Å². The summed E-state index contributed by atoms with van der Waals surface area (Å²) in [4.78, 5) is 0. The molecule has 2 heterocycles. The van der Waals surface area contributed by atoms with E-state index < -0.39 is 11.8 Å². The molecule has 316 valence electrons. The van der Waals surface area contributed by atoms with Crippen molar-refractivity contribution in [3.05, 3.63) is 162 Å². The van der Waals surface area contributed by atoms with Crippen LogP contribution in [0.25, 0.3) is 0 Å². The molecule has 6 aromatic carbocycles. The van der Waals surface area contributed by atoms with E-state index in [1.54, 1.807) is 12.1 Å². The molecule has 0 amide bonds. The summed E-state index contributed by atoms with van der Waals surface area (Å²) < 4.78 is 13.1. The van der Waals surface area contributed by atoms with Crippen LogP contribution >= 0.6 is 0 Å². The lowest BCUT2D eigenvalue weighted by Crippen LogP contribution is -2.56. The molecule has 0 spiro atoms. The molecule has 4 fully saturated rings. The Morgan fingerprint density at radius 3 is 1.16 bits per heavy atom. The van der Waals surface area contributed by atoms with Crippen molar-refractivity contribution in [1.82, 2.24) is 0 Å². The summed E-state index contributed by atoms with van der Waals surface area (Å²) in [5.41, 5.74) is 15.1. The van der Waals surface area contributed by atoms with Gasteiger partial charge in [-0.1, -0.05) is 36.4 Å². The van der Waals surface area contributed by atoms with Crippen molar-refractivity contribution in [2.45, 2.75) is 117 Å². The second kappa shape index (κ2) is 13.3. The van der Waals surface area contributed by atoms with Crippen LogP contribution in [-0.2, 0) is 10.8 Å². The minimum absolute atomic E-state index is 0.125. The van der Waals surface area contributed by atoms with Gasteiger partial charge in [-0.15, -0.1) is 0 Å². The highest BCUT2D eigenvalue weighted by Gasteiger charge is 2.59. The number of aryl methyl sites for hydroxylation is 8. The predicted molar refractivity (Wildman–Crippen MR) is 243 cm³/mol. The largest absolute Gasteiger partial charge is 0.507 e. The molecule has 4 saturated carbocycles. The van der Waals surface area contributed by atoms with Crippen LogP contribution in [0, 0.1) is 67.2 Å². The summed E-state index contributed by atoms with van der Waals surface area (Å²) in [6, 6.07) is 25.1. The average Bonchev–Trinajstić information content (AvgIpc) is 3.17. The number of hydrogen-bond acceptors (Lipinski definition) is 6. The third kappa shape index (κ3) is 5.67. The number of benzene rings is 6. The number of rotatable bonds is 4. The first kappa shape index (κ1) is 39.0. The monoisotopic (exact) mass is 824 g/mol. The highest BCUT2D eigenvalue weighted by atomic mass is 16.5. The highest BCUT2D eigenvalue weighted by molar-refractivity contribution is 5.70. The first-order valence-corrected chi connectivity index (χ1v) is 22.4. The van der Waals surface area contributed by atoms with Gasteiger partial charge in [0.25, 0.3) is 0 Å². The molecule has 0 radical (unpaired) electrons. The van der Waals surface area contributed by atoms with E-state index in [1.165, 1.54) is 17.5 Å². The van der Waals surface area contributed by atoms with Gasteiger partial charge in [0, 0.05) is 45.2 Å². The molecular weight excluding hydrogens is 769 g/mol. The first-order chi connectivity index (χ1) is 29.5. The van der Waals surface area contributed by atoms with Gasteiger partial charge in [-0.2, -0.15) is 0 Å². The van der Waals surface area contributed by atoms with E-state index in [-0.39, 0.29) is 33.8 Å². The molecule has 6 aliphatic rings. The maximum atomic E-state index is 12.2. The fourth-order valence-electron chi connectivity index (χ4n) is 13.8. The van der Waals surface area contributed by atoms with Crippen LogP contribution in [-0.4, -0.2) is 20.4 Å². The zero-order valence-corrected chi connectivity index (χ0v) is 37.1. The number of phenols is 4. The van der Waals surface area contributed by atoms with Gasteiger partial charge in [-0.3, -0.25) is 0 Å². The normalized spacial score (nSPS) is 25.0. The maximum Gasteiger partial charge on any atom is 0.135 e. The van der Waals surface area contributed by atoms with Crippen LogP contribution in [0.15, 0.2) is 72.8 Å². The Bertz CT molecular complexity index is 2610. The van der Waals surface area contributed by atoms with E-state index in [0.717, 1.165) is 110 Å². The molecule has 6 aromatic rings. The fraction of sp³-hybridized carbons (Fsp3) is 0.357. The summed E-state index contributed by atoms with van der Waals surface area (Å²) in [7, 11) is 0. The number of hydrogen-bond donors (Lipinski definition) is 4. The van der Waals surface area contributed by atoms with Crippen molar-refractivity contribution in [2.75, 3.05) is 0 Å². The molecule has 4 aliphatic carbocycles. The van der Waals surface area contributed by atoms with E-state index >= 15 is 0 Å². The van der Waals surface area contributed by atoms with E-state index in [0.29, 0.717) is 34.5 Å². The quantitative estimate of drug-likeness (QED) is 0.141. The van der Waals surface area contributed by atoms with Gasteiger partial charge in [0.1, 0.15) is 46.0 Å². The van der Waals surface area contributed by atoms with Crippen molar-refractivity contribution in [3.8, 4) is 46.0 Å². The predicted octanol–water partition coefficient (Wildman–Crippen LogP) is 13.3. The van der Waals surface area contributed by atoms with Crippen molar-refractivity contribution in [3.63, 3.8) is 0 Å². The van der Waals surface area contributed by atoms with E-state index in [2.05, 4.69) is 76.2 Å². The summed E-state index contributed by atoms with van der Waals surface area (Å²) in [5.74, 6) is 3.90. The van der Waals surface area contributed by atoms with Crippen molar-refractivity contribution in [2.24, 2.45) is 11.8 Å². The van der Waals surface area contributed by atoms with Crippen molar-refractivity contribution >= 4 is 0 Å². The lowest BCUT2D eigenvalue weighted by Gasteiger charge is -2.63. The Morgan fingerprint density at radius 2 is 0.774 bits per heavy atom. The lowest BCUT2D eigenvalue weighted by atomic mass is 9.41. The smallest absolute Gasteiger partial charge is 0.135 e. The number of aromatic hydroxyl groups is 4. The summed E-state index contributed by atoms with van der Waals surface area (Å²) in [5, 5.41) is 47.7. The molecule has 6 nitrogen and oxygen atoms in total. The molecule has 0 aromatic heterocycles. The summed E-state index contributed by atoms with van der Waals surface area (Å²) in [6.45, 7) is 16.3. The maximum absolute atomic E-state index is 12.2. The van der Waals surface area contributed by atoms with Gasteiger partial charge in [0.15, 0.2) is 0 Å². The van der Waals surface area contributed by atoms with Crippen LogP contribution in [0.4, 0.5) is 0 Å². The number of phenolic OH excluding ortho intramolecular Hbond substituents is 4. The Balaban J connectivity index is 1.07. The Hall–Kier alpha value is -5.88. The SMILES string of the molecule is Cc1cc(C)c2c(c1)Oc1cc(C)cc(O)c1C2c1cc(C23CC4CC(C2)CC(c2cc(C)c(O)c(C5c6c(C)cc(C)cc6Oc6cc(C)cc(O)c65)c2)(C4)C3)cc(C)c1O. The minimum Gasteiger partial charge on any atom is -0.507 e. The Kier molecular flexibility index (Phi) is 8.37. The molecule has 0 saturated heterocycles. The molecule has 2 unspecified atom stereocenters. The molecule has 12 rings (SSSR count). The van der Waals surface area contributed by atoms with Gasteiger partial charge in [0.05, 0.1) is 0 Å². The highest BCUT2D eigenvalue weighted by Crippen LogP contribution is 2.68. The van der Waals surface area contributed by atoms with Gasteiger partial charge in [0.2, 0.25) is 0 Å². The third-order valence-electron chi connectivity index (χ3n) is 15.7. The second-order valence-corrected chi connectivity index (χ2v) is 20.4. The molecule has 2 atom stereocenters. The molecule has 2 aliphatic heterocycles. The lowest BCUT2D eigenvalue weighted by molar-refractivity contribution is -0.0282. The summed E-state index contributed by atoms with van der Waals surface area (Å²) >= 11 is 0. The van der Waals surface area contributed by atoms with Gasteiger partial charge in [-0.05, 0) is 209 Å². The van der Waals surface area contributed by atoms with Gasteiger partial charge < -0.3 is 29.9 Å². The second-order valence-electron chi connectivity index (χ2n) is 20.4. The van der Waals surface area contributed by atoms with Crippen molar-refractivity contribution < 1.29 is 29.9 Å². The van der Waals surface area contributed by atoms with Crippen molar-refractivity contribution in [1.29, 1.82) is 0 Å². The fourth-order valence-corrected chi connectivity index (χ4v) is 13.8. The molecule has 4 N–H and O–H groups in total. The molecule has 6 heteroatoms. The number of ether oxygens (including phenoxy) is 2. The third-order valence-corrected chi connectivity index (χ3v) is 15.7. The van der Waals surface area contributed by atoms with Crippen LogP contribution in [0.3, 0.4) is 0 Å². The Labute approximate surface area is 364 Å². The van der Waals surface area contributed by atoms with Gasteiger partial charge >= 0.3 is 0 Å². The number of fused-ring (bicyclic) bond motifs is 4. The minimum atomic E-state index is -0.420. The van der Waals surface area contributed by atoms with E-state index in [4.69, 9.17) is 9.47 Å². The van der Waals surface area contributed by atoms with Crippen LogP contribution in [0.1, 0.15) is 139 Å². The van der Waals surface area contributed by atoms with E-state index in [9.17, 15) is 20.4 Å². The first-order valence-electron chi connectivity index (χ1n) is 22.4. The Morgan fingerprint density at radius 1 is 0.419 bits per heavy atom. The summed E-state index contributed by atoms with van der Waals surface area (Å²) in [6.07, 6.45) is 6.55. The topological polar surface area (TPSA) is 99.4 Å². The molecule has 4 bridgehead atoms. The molecule has 62 heavy (non-hydrogen) atoms. The van der Waals surface area contributed by atoms with Crippen LogP contribution in [0.5, 0.6) is 46.0 Å². The van der Waals surface area contributed by atoms with E-state index in [1.807, 2.05) is 39.8 Å². The molecular formula is C56H56O6.